The second kappa shape index (κ2) is 9.44. The average Bonchev–Trinajstić information content (AvgIpc) is 2.62. The number of hydrogen-bond donors (Lipinski definition) is 1. The van der Waals surface area contributed by atoms with Crippen LogP contribution in [0.4, 0.5) is 5.69 Å². The molecule has 0 spiro atoms. The topological polar surface area (TPSA) is 62.1 Å². The number of carbonyl (C=O) groups is 1. The fourth-order valence-corrected chi connectivity index (χ4v) is 2.84. The molecule has 1 amide bonds. The van der Waals surface area contributed by atoms with Crippen molar-refractivity contribution in [2.75, 3.05) is 11.9 Å². The minimum atomic E-state index is -0.584. The summed E-state index contributed by atoms with van der Waals surface area (Å²) in [5, 5.41) is 12.4. The van der Waals surface area contributed by atoms with Gasteiger partial charge in [0.2, 0.25) is 0 Å². The second-order valence-corrected chi connectivity index (χ2v) is 6.65. The van der Waals surface area contributed by atoms with Gasteiger partial charge in [-0.2, -0.15) is 5.26 Å². The van der Waals surface area contributed by atoms with Gasteiger partial charge < -0.3 is 10.1 Å². The summed E-state index contributed by atoms with van der Waals surface area (Å²) in [5.74, 6) is 0.0514. The van der Waals surface area contributed by atoms with Gasteiger partial charge in [0.05, 0.1) is 20.2 Å². The molecular weight excluding hydrogens is 439 g/mol. The van der Waals surface area contributed by atoms with Crippen molar-refractivity contribution in [1.29, 1.82) is 5.26 Å². The first kappa shape index (κ1) is 20.1. The maximum absolute atomic E-state index is 12.4. The van der Waals surface area contributed by atoms with Crippen LogP contribution in [0.5, 0.6) is 5.75 Å². The number of hydrogen-bond acceptors (Lipinski definition) is 3. The van der Waals surface area contributed by atoms with Crippen LogP contribution in [0.2, 0.25) is 10.0 Å². The fourth-order valence-electron chi connectivity index (χ4n) is 1.98. The summed E-state index contributed by atoms with van der Waals surface area (Å²) >= 11 is 15.4. The highest BCUT2D eigenvalue weighted by atomic mass is 79.9. The van der Waals surface area contributed by atoms with Crippen LogP contribution in [0.15, 0.2) is 59.1 Å². The standard InChI is InChI=1S/C19H13BrCl2N2O2/c1-2-8-26-17-7-6-12(10-14(17)20)9-13(11-23)19(25)24-16-5-3-4-15(21)18(16)22/h2-7,9-10H,1,8H2,(H,24,25)/b13-9-. The molecule has 0 saturated heterocycles. The highest BCUT2D eigenvalue weighted by Crippen LogP contribution is 2.30. The quantitative estimate of drug-likeness (QED) is 0.339. The van der Waals surface area contributed by atoms with Crippen molar-refractivity contribution in [3.05, 3.63) is 74.7 Å². The number of carbonyl (C=O) groups excluding carboxylic acids is 1. The van der Waals surface area contributed by atoms with Crippen molar-refractivity contribution < 1.29 is 9.53 Å². The summed E-state index contributed by atoms with van der Waals surface area (Å²) in [4.78, 5) is 12.4. The Labute approximate surface area is 169 Å². The summed E-state index contributed by atoms with van der Waals surface area (Å²) in [6, 6.07) is 12.0. The Balaban J connectivity index is 2.23. The smallest absolute Gasteiger partial charge is 0.266 e. The van der Waals surface area contributed by atoms with Gasteiger partial charge in [0.25, 0.3) is 5.91 Å². The number of halogens is 3. The minimum absolute atomic E-state index is 0.0762. The Bertz CT molecular complexity index is 920. The lowest BCUT2D eigenvalue weighted by Gasteiger charge is -2.08. The molecule has 0 heterocycles. The van der Waals surface area contributed by atoms with E-state index < -0.39 is 5.91 Å². The van der Waals surface area contributed by atoms with Crippen molar-refractivity contribution in [2.45, 2.75) is 0 Å². The van der Waals surface area contributed by atoms with Crippen LogP contribution in [-0.2, 0) is 4.79 Å². The molecule has 0 aliphatic carbocycles. The van der Waals surface area contributed by atoms with Crippen molar-refractivity contribution in [1.82, 2.24) is 0 Å². The molecule has 0 saturated carbocycles. The molecule has 7 heteroatoms. The molecule has 2 rings (SSSR count). The number of benzene rings is 2. The monoisotopic (exact) mass is 450 g/mol. The number of anilines is 1. The van der Waals surface area contributed by atoms with Crippen molar-refractivity contribution in [3.63, 3.8) is 0 Å². The molecule has 0 aromatic heterocycles. The first-order valence-corrected chi connectivity index (χ1v) is 8.91. The molecule has 26 heavy (non-hydrogen) atoms. The van der Waals surface area contributed by atoms with E-state index in [9.17, 15) is 10.1 Å². The molecule has 0 bridgehead atoms. The minimum Gasteiger partial charge on any atom is -0.488 e. The largest absolute Gasteiger partial charge is 0.488 e. The molecule has 2 aromatic carbocycles. The summed E-state index contributed by atoms with van der Waals surface area (Å²) in [6.45, 7) is 3.97. The SMILES string of the molecule is C=CCOc1ccc(/C=C(/C#N)C(=O)Nc2cccc(Cl)c2Cl)cc1Br. The van der Waals surface area contributed by atoms with E-state index in [1.165, 1.54) is 6.08 Å². The molecule has 1 N–H and O–H groups in total. The highest BCUT2D eigenvalue weighted by Gasteiger charge is 2.13. The molecule has 0 fully saturated rings. The van der Waals surface area contributed by atoms with Gasteiger partial charge in [-0.1, -0.05) is 48.0 Å². The van der Waals surface area contributed by atoms with Crippen LogP contribution in [0, 0.1) is 11.3 Å². The fraction of sp³-hybridized carbons (Fsp3) is 0.0526. The lowest BCUT2D eigenvalue weighted by atomic mass is 10.1. The first-order valence-electron chi connectivity index (χ1n) is 7.36. The molecule has 132 valence electrons. The number of nitrogens with zero attached hydrogens (tertiary/aromatic N) is 1. The van der Waals surface area contributed by atoms with E-state index in [0.717, 1.165) is 0 Å². The van der Waals surface area contributed by atoms with Gasteiger partial charge in [-0.3, -0.25) is 4.79 Å². The van der Waals surface area contributed by atoms with Gasteiger partial charge >= 0.3 is 0 Å². The van der Waals surface area contributed by atoms with Crippen LogP contribution in [0.3, 0.4) is 0 Å². The number of nitriles is 1. The number of amides is 1. The molecular formula is C19H13BrCl2N2O2. The third-order valence-corrected chi connectivity index (χ3v) is 4.63. The molecule has 0 aliphatic heterocycles. The average molecular weight is 452 g/mol. The molecule has 0 aliphatic rings. The second-order valence-electron chi connectivity index (χ2n) is 5.01. The van der Waals surface area contributed by atoms with Crippen LogP contribution in [0.1, 0.15) is 5.56 Å². The van der Waals surface area contributed by atoms with E-state index >= 15 is 0 Å². The Kier molecular flexibility index (Phi) is 7.28. The Morgan fingerprint density at radius 3 is 2.77 bits per heavy atom. The van der Waals surface area contributed by atoms with Crippen molar-refractivity contribution in [3.8, 4) is 11.8 Å². The van der Waals surface area contributed by atoms with E-state index in [0.29, 0.717) is 33.1 Å². The van der Waals surface area contributed by atoms with E-state index in [1.807, 2.05) is 6.07 Å². The van der Waals surface area contributed by atoms with Crippen LogP contribution in [-0.4, -0.2) is 12.5 Å². The third kappa shape index (κ3) is 5.12. The van der Waals surface area contributed by atoms with Gasteiger partial charge in [-0.15, -0.1) is 0 Å². The third-order valence-electron chi connectivity index (χ3n) is 3.19. The summed E-state index contributed by atoms with van der Waals surface area (Å²) < 4.78 is 6.16. The van der Waals surface area contributed by atoms with Gasteiger partial charge in [-0.25, -0.2) is 0 Å². The molecule has 0 unspecified atom stereocenters. The highest BCUT2D eigenvalue weighted by molar-refractivity contribution is 9.10. The normalized spacial score (nSPS) is 10.8. The molecule has 4 nitrogen and oxygen atoms in total. The molecule has 0 atom stereocenters. The van der Waals surface area contributed by atoms with E-state index in [2.05, 4.69) is 27.8 Å². The van der Waals surface area contributed by atoms with Crippen molar-refractivity contribution in [2.24, 2.45) is 0 Å². The van der Waals surface area contributed by atoms with E-state index in [4.69, 9.17) is 27.9 Å². The van der Waals surface area contributed by atoms with Crippen LogP contribution in [0.25, 0.3) is 6.08 Å². The van der Waals surface area contributed by atoms with E-state index in [1.54, 1.807) is 42.5 Å². The van der Waals surface area contributed by atoms with Crippen molar-refractivity contribution >= 4 is 56.8 Å². The Morgan fingerprint density at radius 1 is 1.35 bits per heavy atom. The number of nitrogens with one attached hydrogen (secondary N) is 1. The number of ether oxygens (including phenoxy) is 1. The zero-order chi connectivity index (χ0) is 19.1. The van der Waals surface area contributed by atoms with E-state index in [-0.39, 0.29) is 10.6 Å². The Morgan fingerprint density at radius 2 is 2.12 bits per heavy atom. The summed E-state index contributed by atoms with van der Waals surface area (Å²) in [6.07, 6.45) is 3.11. The molecule has 2 aromatic rings. The zero-order valence-electron chi connectivity index (χ0n) is 13.4. The molecule has 0 radical (unpaired) electrons. The van der Waals surface area contributed by atoms with Gasteiger partial charge in [-0.05, 0) is 51.8 Å². The van der Waals surface area contributed by atoms with Crippen LogP contribution < -0.4 is 10.1 Å². The lowest BCUT2D eigenvalue weighted by molar-refractivity contribution is -0.112. The van der Waals surface area contributed by atoms with Crippen LogP contribution >= 0.6 is 39.1 Å². The van der Waals surface area contributed by atoms with Gasteiger partial charge in [0, 0.05) is 0 Å². The predicted molar refractivity (Wildman–Crippen MR) is 109 cm³/mol. The maximum atomic E-state index is 12.4. The lowest BCUT2D eigenvalue weighted by Crippen LogP contribution is -2.13. The number of rotatable bonds is 6. The predicted octanol–water partition coefficient (Wildman–Crippen LogP) is 5.87. The summed E-state index contributed by atoms with van der Waals surface area (Å²) in [7, 11) is 0. The van der Waals surface area contributed by atoms with Gasteiger partial charge in [0.15, 0.2) is 0 Å². The van der Waals surface area contributed by atoms with Gasteiger partial charge in [0.1, 0.15) is 24.0 Å². The summed E-state index contributed by atoms with van der Waals surface area (Å²) in [5.41, 5.74) is 0.916. The first-order chi connectivity index (χ1) is 12.5. The maximum Gasteiger partial charge on any atom is 0.266 e. The zero-order valence-corrected chi connectivity index (χ0v) is 16.5. The Hall–Kier alpha value is -2.26.